The van der Waals surface area contributed by atoms with Gasteiger partial charge >= 0.3 is 0 Å². The zero-order valence-corrected chi connectivity index (χ0v) is 8.06. The third kappa shape index (κ3) is 9.70. The van der Waals surface area contributed by atoms with Crippen molar-refractivity contribution in [3.05, 3.63) is 12.2 Å². The third-order valence-electron chi connectivity index (χ3n) is 1.46. The van der Waals surface area contributed by atoms with Crippen LogP contribution in [0.15, 0.2) is 12.2 Å². The van der Waals surface area contributed by atoms with E-state index < -0.39 is 0 Å². The molecule has 0 rings (SSSR count). The van der Waals surface area contributed by atoms with Crippen molar-refractivity contribution in [1.29, 1.82) is 0 Å². The molecule has 0 spiro atoms. The summed E-state index contributed by atoms with van der Waals surface area (Å²) >= 11 is 0. The molecule has 0 fully saturated rings. The Balaban J connectivity index is 3.03. The molecule has 66 valence electrons. The normalized spacial score (nSPS) is 11.6. The van der Waals surface area contributed by atoms with Gasteiger partial charge in [0, 0.05) is 6.54 Å². The predicted molar refractivity (Wildman–Crippen MR) is 51.8 cm³/mol. The van der Waals surface area contributed by atoms with Crippen LogP contribution in [0.2, 0.25) is 0 Å². The lowest BCUT2D eigenvalue weighted by molar-refractivity contribution is 0.660. The lowest BCUT2D eigenvalue weighted by Crippen LogP contribution is -2.13. The number of hydrogen-bond donors (Lipinski definition) is 1. The zero-order chi connectivity index (χ0) is 8.53. The second-order valence-electron chi connectivity index (χ2n) is 3.31. The maximum absolute atomic E-state index is 3.32. The van der Waals surface area contributed by atoms with Crippen LogP contribution in [0.3, 0.4) is 0 Å². The summed E-state index contributed by atoms with van der Waals surface area (Å²) < 4.78 is 0. The molecule has 0 atom stereocenters. The fraction of sp³-hybridized carbons (Fsp3) is 0.800. The quantitative estimate of drug-likeness (QED) is 0.459. The van der Waals surface area contributed by atoms with Gasteiger partial charge in [-0.1, -0.05) is 32.9 Å². The molecule has 11 heavy (non-hydrogen) atoms. The minimum atomic E-state index is 0.789. The molecule has 0 saturated carbocycles. The van der Waals surface area contributed by atoms with Gasteiger partial charge < -0.3 is 5.32 Å². The van der Waals surface area contributed by atoms with Gasteiger partial charge in [-0.15, -0.1) is 0 Å². The molecule has 1 heteroatoms. The first-order chi connectivity index (χ1) is 5.27. The highest BCUT2D eigenvalue weighted by atomic mass is 14.8. The van der Waals surface area contributed by atoms with Gasteiger partial charge in [-0.2, -0.15) is 0 Å². The fourth-order valence-corrected chi connectivity index (χ4v) is 0.814. The average Bonchev–Trinajstić information content (AvgIpc) is 1.96. The van der Waals surface area contributed by atoms with Crippen LogP contribution in [0, 0.1) is 5.92 Å². The molecule has 0 unspecified atom stereocenters. The van der Waals surface area contributed by atoms with E-state index in [9.17, 15) is 0 Å². The Hall–Kier alpha value is -0.300. The second-order valence-corrected chi connectivity index (χ2v) is 3.31. The predicted octanol–water partition coefficient (Wildman–Crippen LogP) is 2.59. The lowest BCUT2D eigenvalue weighted by atomic mass is 10.1. The number of hydrogen-bond acceptors (Lipinski definition) is 1. The van der Waals surface area contributed by atoms with Gasteiger partial charge in [0.1, 0.15) is 0 Å². The van der Waals surface area contributed by atoms with Crippen LogP contribution in [-0.2, 0) is 0 Å². The van der Waals surface area contributed by atoms with Crippen LogP contribution in [0.25, 0.3) is 0 Å². The molecule has 0 saturated heterocycles. The maximum atomic E-state index is 3.32. The van der Waals surface area contributed by atoms with Crippen molar-refractivity contribution >= 4 is 0 Å². The molecule has 0 aliphatic heterocycles. The monoisotopic (exact) mass is 155 g/mol. The van der Waals surface area contributed by atoms with Crippen molar-refractivity contribution in [2.45, 2.75) is 33.6 Å². The van der Waals surface area contributed by atoms with Crippen LogP contribution >= 0.6 is 0 Å². The molecular weight excluding hydrogens is 134 g/mol. The zero-order valence-electron chi connectivity index (χ0n) is 8.06. The highest BCUT2D eigenvalue weighted by Crippen LogP contribution is 1.98. The van der Waals surface area contributed by atoms with Gasteiger partial charge in [-0.3, -0.25) is 0 Å². The highest BCUT2D eigenvalue weighted by molar-refractivity contribution is 4.84. The summed E-state index contributed by atoms with van der Waals surface area (Å²) in [5.74, 6) is 0.789. The summed E-state index contributed by atoms with van der Waals surface area (Å²) in [6.45, 7) is 8.82. The van der Waals surface area contributed by atoms with E-state index in [0.29, 0.717) is 0 Å². The van der Waals surface area contributed by atoms with E-state index in [1.165, 1.54) is 12.8 Å². The summed E-state index contributed by atoms with van der Waals surface area (Å²) in [7, 11) is 0. The van der Waals surface area contributed by atoms with Crippen molar-refractivity contribution in [3.63, 3.8) is 0 Å². The van der Waals surface area contributed by atoms with Crippen LogP contribution in [0.1, 0.15) is 33.6 Å². The number of nitrogens with one attached hydrogen (secondary N) is 1. The van der Waals surface area contributed by atoms with Crippen LogP contribution < -0.4 is 5.32 Å². The van der Waals surface area contributed by atoms with Crippen molar-refractivity contribution in [1.82, 2.24) is 5.32 Å². The third-order valence-corrected chi connectivity index (χ3v) is 1.46. The minimum Gasteiger partial charge on any atom is -0.313 e. The Bertz CT molecular complexity index is 95.0. The second kappa shape index (κ2) is 7.80. The van der Waals surface area contributed by atoms with E-state index in [1.54, 1.807) is 0 Å². The molecule has 1 nitrogen and oxygen atoms in total. The molecule has 0 aromatic carbocycles. The van der Waals surface area contributed by atoms with E-state index in [4.69, 9.17) is 0 Å². The van der Waals surface area contributed by atoms with E-state index in [-0.39, 0.29) is 0 Å². The number of rotatable bonds is 6. The molecule has 0 radical (unpaired) electrons. The topological polar surface area (TPSA) is 12.0 Å². The summed E-state index contributed by atoms with van der Waals surface area (Å²) in [5.41, 5.74) is 0. The lowest BCUT2D eigenvalue weighted by Gasteiger charge is -1.98. The first kappa shape index (κ1) is 10.7. The van der Waals surface area contributed by atoms with Crippen molar-refractivity contribution < 1.29 is 0 Å². The van der Waals surface area contributed by atoms with Crippen molar-refractivity contribution in [3.8, 4) is 0 Å². The van der Waals surface area contributed by atoms with E-state index in [1.807, 2.05) is 0 Å². The Labute approximate surface area is 70.9 Å². The van der Waals surface area contributed by atoms with Gasteiger partial charge in [0.05, 0.1) is 0 Å². The van der Waals surface area contributed by atoms with E-state index in [2.05, 4.69) is 38.2 Å². The Morgan fingerprint density at radius 2 is 2.00 bits per heavy atom. The van der Waals surface area contributed by atoms with Crippen LogP contribution in [0.4, 0.5) is 0 Å². The smallest absolute Gasteiger partial charge is 0.0134 e. The largest absolute Gasteiger partial charge is 0.313 e. The SMILES string of the molecule is CCCNC/C=C/CC(C)C. The number of allylic oxidation sites excluding steroid dienone is 1. The molecule has 1 N–H and O–H groups in total. The van der Waals surface area contributed by atoms with Gasteiger partial charge in [0.25, 0.3) is 0 Å². The fourth-order valence-electron chi connectivity index (χ4n) is 0.814. The first-order valence-electron chi connectivity index (χ1n) is 4.63. The summed E-state index contributed by atoms with van der Waals surface area (Å²) in [4.78, 5) is 0. The van der Waals surface area contributed by atoms with Gasteiger partial charge in [0.2, 0.25) is 0 Å². The van der Waals surface area contributed by atoms with Crippen molar-refractivity contribution in [2.24, 2.45) is 5.92 Å². The molecular formula is C10H21N. The Morgan fingerprint density at radius 1 is 1.27 bits per heavy atom. The molecule has 0 heterocycles. The van der Waals surface area contributed by atoms with Gasteiger partial charge in [0.15, 0.2) is 0 Å². The highest BCUT2D eigenvalue weighted by Gasteiger charge is 1.86. The van der Waals surface area contributed by atoms with E-state index >= 15 is 0 Å². The maximum Gasteiger partial charge on any atom is 0.0134 e. The van der Waals surface area contributed by atoms with Gasteiger partial charge in [-0.05, 0) is 25.3 Å². The van der Waals surface area contributed by atoms with Crippen LogP contribution in [0.5, 0.6) is 0 Å². The van der Waals surface area contributed by atoms with E-state index in [0.717, 1.165) is 19.0 Å². The standard InChI is InChI=1S/C10H21N/c1-4-8-11-9-6-5-7-10(2)3/h5-6,10-11H,4,7-9H2,1-3H3/b6-5+. The molecule has 0 bridgehead atoms. The van der Waals surface area contributed by atoms with Gasteiger partial charge in [-0.25, -0.2) is 0 Å². The molecule has 0 aromatic heterocycles. The minimum absolute atomic E-state index is 0.789. The summed E-state index contributed by atoms with van der Waals surface area (Å²) in [6.07, 6.45) is 6.90. The Kier molecular flexibility index (Phi) is 7.59. The summed E-state index contributed by atoms with van der Waals surface area (Å²) in [6, 6.07) is 0. The molecule has 0 aliphatic carbocycles. The summed E-state index contributed by atoms with van der Waals surface area (Å²) in [5, 5.41) is 3.32. The first-order valence-corrected chi connectivity index (χ1v) is 4.63. The van der Waals surface area contributed by atoms with Crippen LogP contribution in [-0.4, -0.2) is 13.1 Å². The molecule has 0 amide bonds. The average molecular weight is 155 g/mol. The van der Waals surface area contributed by atoms with Crippen molar-refractivity contribution in [2.75, 3.05) is 13.1 Å². The Morgan fingerprint density at radius 3 is 2.55 bits per heavy atom. The molecule has 0 aromatic rings. The molecule has 0 aliphatic rings.